The Kier molecular flexibility index (Phi) is 9.25. The summed E-state index contributed by atoms with van der Waals surface area (Å²) < 4.78 is 57.9. The van der Waals surface area contributed by atoms with Crippen LogP contribution in [-0.2, 0) is 16.5 Å². The number of carbonyl (C=O) groups excluding carboxylic acids is 1. The maximum atomic E-state index is 13.1. The number of ketones is 1. The van der Waals surface area contributed by atoms with Crippen LogP contribution in [0.4, 0.5) is 17.6 Å². The molecule has 3 rings (SSSR count). The minimum absolute atomic E-state index is 0. The van der Waals surface area contributed by atoms with Crippen LogP contribution in [0.1, 0.15) is 60.0 Å². The summed E-state index contributed by atoms with van der Waals surface area (Å²) in [6.45, 7) is 0.668. The SMILES string of the molecule is COC1(c2cccc(C(F)(F)F)c2)CCC(NCCCC(=O)c2ccc(F)cc2)CC1.Cl. The fraction of sp³-hybridized carbons (Fsp3) is 0.458. The van der Waals surface area contributed by atoms with E-state index in [9.17, 15) is 22.4 Å². The van der Waals surface area contributed by atoms with Crippen molar-refractivity contribution in [2.75, 3.05) is 13.7 Å². The molecule has 1 saturated carbocycles. The van der Waals surface area contributed by atoms with Crippen LogP contribution in [0.2, 0.25) is 0 Å². The molecule has 0 heterocycles. The van der Waals surface area contributed by atoms with Gasteiger partial charge in [0.1, 0.15) is 5.82 Å². The summed E-state index contributed by atoms with van der Waals surface area (Å²) in [4.78, 5) is 12.1. The Morgan fingerprint density at radius 2 is 1.78 bits per heavy atom. The molecule has 0 bridgehead atoms. The monoisotopic (exact) mass is 473 g/mol. The molecular formula is C24H28ClF4NO2. The number of halogens is 5. The van der Waals surface area contributed by atoms with Crippen LogP contribution in [0.15, 0.2) is 48.5 Å². The number of carbonyl (C=O) groups is 1. The second-order valence-electron chi connectivity index (χ2n) is 8.04. The molecule has 2 aromatic carbocycles. The van der Waals surface area contributed by atoms with E-state index in [-0.39, 0.29) is 30.0 Å². The molecule has 32 heavy (non-hydrogen) atoms. The van der Waals surface area contributed by atoms with Crippen molar-refractivity contribution in [3.63, 3.8) is 0 Å². The summed E-state index contributed by atoms with van der Waals surface area (Å²) in [6, 6.07) is 11.2. The number of hydrogen-bond donors (Lipinski definition) is 1. The van der Waals surface area contributed by atoms with Gasteiger partial charge in [-0.1, -0.05) is 12.1 Å². The lowest BCUT2D eigenvalue weighted by Gasteiger charge is -2.40. The second-order valence-corrected chi connectivity index (χ2v) is 8.04. The highest BCUT2D eigenvalue weighted by molar-refractivity contribution is 5.95. The van der Waals surface area contributed by atoms with Crippen molar-refractivity contribution < 1.29 is 27.1 Å². The minimum Gasteiger partial charge on any atom is -0.374 e. The van der Waals surface area contributed by atoms with Crippen molar-refractivity contribution in [1.82, 2.24) is 5.32 Å². The van der Waals surface area contributed by atoms with E-state index in [1.807, 2.05) is 0 Å². The summed E-state index contributed by atoms with van der Waals surface area (Å²) >= 11 is 0. The Hall–Kier alpha value is -1.96. The topological polar surface area (TPSA) is 38.3 Å². The summed E-state index contributed by atoms with van der Waals surface area (Å²) in [7, 11) is 1.55. The lowest BCUT2D eigenvalue weighted by Crippen LogP contribution is -2.41. The van der Waals surface area contributed by atoms with E-state index in [4.69, 9.17) is 4.74 Å². The molecule has 0 unspecified atom stereocenters. The van der Waals surface area contributed by atoms with Crippen molar-refractivity contribution >= 4 is 18.2 Å². The molecule has 1 aliphatic carbocycles. The maximum absolute atomic E-state index is 13.1. The van der Waals surface area contributed by atoms with Gasteiger partial charge in [0.15, 0.2) is 5.78 Å². The van der Waals surface area contributed by atoms with Gasteiger partial charge in [0.25, 0.3) is 0 Å². The van der Waals surface area contributed by atoms with Crippen LogP contribution in [0.3, 0.4) is 0 Å². The largest absolute Gasteiger partial charge is 0.416 e. The Morgan fingerprint density at radius 1 is 1.12 bits per heavy atom. The molecule has 1 N–H and O–H groups in total. The van der Waals surface area contributed by atoms with E-state index in [1.54, 1.807) is 13.2 Å². The van der Waals surface area contributed by atoms with Crippen molar-refractivity contribution in [3.8, 4) is 0 Å². The molecule has 1 fully saturated rings. The number of methoxy groups -OCH3 is 1. The van der Waals surface area contributed by atoms with Crippen LogP contribution in [-0.4, -0.2) is 25.5 Å². The summed E-state index contributed by atoms with van der Waals surface area (Å²) in [5, 5.41) is 3.44. The van der Waals surface area contributed by atoms with Crippen molar-refractivity contribution in [2.45, 2.75) is 56.3 Å². The smallest absolute Gasteiger partial charge is 0.374 e. The van der Waals surface area contributed by atoms with Crippen molar-refractivity contribution in [3.05, 3.63) is 71.0 Å². The average molecular weight is 474 g/mol. The van der Waals surface area contributed by atoms with E-state index in [0.717, 1.165) is 18.9 Å². The van der Waals surface area contributed by atoms with E-state index >= 15 is 0 Å². The van der Waals surface area contributed by atoms with Crippen LogP contribution >= 0.6 is 12.4 Å². The van der Waals surface area contributed by atoms with E-state index < -0.39 is 17.3 Å². The molecule has 1 aliphatic rings. The van der Waals surface area contributed by atoms with Crippen LogP contribution in [0.5, 0.6) is 0 Å². The first-order valence-corrected chi connectivity index (χ1v) is 10.5. The van der Waals surface area contributed by atoms with E-state index in [1.165, 1.54) is 36.4 Å². The van der Waals surface area contributed by atoms with Gasteiger partial charge in [-0.2, -0.15) is 13.2 Å². The van der Waals surface area contributed by atoms with Gasteiger partial charge >= 0.3 is 6.18 Å². The van der Waals surface area contributed by atoms with E-state index in [2.05, 4.69) is 5.32 Å². The lowest BCUT2D eigenvalue weighted by atomic mass is 9.77. The van der Waals surface area contributed by atoms with Gasteiger partial charge in [-0.05, 0) is 80.6 Å². The molecule has 0 aromatic heterocycles. The third-order valence-corrected chi connectivity index (χ3v) is 6.08. The first kappa shape index (κ1) is 26.3. The highest BCUT2D eigenvalue weighted by Gasteiger charge is 2.39. The van der Waals surface area contributed by atoms with Crippen LogP contribution in [0, 0.1) is 5.82 Å². The fourth-order valence-corrected chi connectivity index (χ4v) is 4.21. The number of alkyl halides is 3. The highest BCUT2D eigenvalue weighted by atomic mass is 35.5. The standard InChI is InChI=1S/C24H27F4NO2.ClH/c1-31-23(18-4-2-5-19(16-18)24(26,27)28)13-11-21(12-14-23)29-15-3-6-22(30)17-7-9-20(25)10-8-17;/h2,4-5,7-10,16,21,29H,3,6,11-15H2,1H3;1H. The normalized spacial score (nSPS) is 21.1. The molecule has 0 spiro atoms. The van der Waals surface area contributed by atoms with Gasteiger partial charge in [0.2, 0.25) is 0 Å². The number of Topliss-reactive ketones (excluding diaryl/α,β-unsaturated/α-hetero) is 1. The maximum Gasteiger partial charge on any atom is 0.416 e. The molecular weight excluding hydrogens is 446 g/mol. The van der Waals surface area contributed by atoms with Crippen LogP contribution < -0.4 is 5.32 Å². The second kappa shape index (κ2) is 11.3. The molecule has 0 aliphatic heterocycles. The quantitative estimate of drug-likeness (QED) is 0.277. The highest BCUT2D eigenvalue weighted by Crippen LogP contribution is 2.42. The van der Waals surface area contributed by atoms with Gasteiger partial charge < -0.3 is 10.1 Å². The first-order chi connectivity index (χ1) is 14.7. The third kappa shape index (κ3) is 6.53. The van der Waals surface area contributed by atoms with Crippen LogP contribution in [0.25, 0.3) is 0 Å². The molecule has 2 aromatic rings. The number of benzene rings is 2. The Balaban J connectivity index is 0.00000363. The number of ether oxygens (including phenoxy) is 1. The molecule has 0 radical (unpaired) electrons. The number of hydrogen-bond acceptors (Lipinski definition) is 3. The van der Waals surface area contributed by atoms with Gasteiger partial charge in [0.05, 0.1) is 11.2 Å². The van der Waals surface area contributed by atoms with E-state index in [0.29, 0.717) is 43.4 Å². The average Bonchev–Trinajstić information content (AvgIpc) is 2.77. The summed E-state index contributed by atoms with van der Waals surface area (Å²) in [5.74, 6) is -0.388. The third-order valence-electron chi connectivity index (χ3n) is 6.08. The zero-order valence-corrected chi connectivity index (χ0v) is 18.7. The van der Waals surface area contributed by atoms with Crippen molar-refractivity contribution in [2.24, 2.45) is 0 Å². The Morgan fingerprint density at radius 3 is 2.38 bits per heavy atom. The Labute approximate surface area is 192 Å². The van der Waals surface area contributed by atoms with Gasteiger partial charge in [-0.3, -0.25) is 4.79 Å². The number of rotatable bonds is 8. The molecule has 0 amide bonds. The molecule has 3 nitrogen and oxygen atoms in total. The minimum atomic E-state index is -4.38. The molecule has 8 heteroatoms. The number of nitrogens with one attached hydrogen (secondary N) is 1. The van der Waals surface area contributed by atoms with Gasteiger partial charge in [-0.15, -0.1) is 12.4 Å². The Bertz CT molecular complexity index is 878. The molecule has 176 valence electrons. The summed E-state index contributed by atoms with van der Waals surface area (Å²) in [5.41, 5.74) is -0.302. The van der Waals surface area contributed by atoms with Crippen molar-refractivity contribution in [1.29, 1.82) is 0 Å². The van der Waals surface area contributed by atoms with Gasteiger partial charge in [0, 0.05) is 25.1 Å². The zero-order valence-electron chi connectivity index (χ0n) is 17.9. The predicted molar refractivity (Wildman–Crippen MR) is 118 cm³/mol. The predicted octanol–water partition coefficient (Wildman–Crippen LogP) is 6.30. The zero-order chi connectivity index (χ0) is 22.5. The van der Waals surface area contributed by atoms with Gasteiger partial charge in [-0.25, -0.2) is 4.39 Å². The first-order valence-electron chi connectivity index (χ1n) is 10.5. The summed E-state index contributed by atoms with van der Waals surface area (Å²) in [6.07, 6.45) is -0.553. The molecule has 0 saturated heterocycles. The lowest BCUT2D eigenvalue weighted by molar-refractivity contribution is -0.137. The fourth-order valence-electron chi connectivity index (χ4n) is 4.21. The molecule has 0 atom stereocenters.